The highest BCUT2D eigenvalue weighted by atomic mass is 16.5. The Bertz CT molecular complexity index is 194. The van der Waals surface area contributed by atoms with E-state index in [2.05, 4.69) is 19.2 Å². The Morgan fingerprint density at radius 2 is 2.14 bits per heavy atom. The first-order chi connectivity index (χ1) is 6.77. The molecular formula is C11H22N2O. The molecule has 3 N–H and O–H groups in total. The molecular weight excluding hydrogens is 176 g/mol. The maximum Gasteiger partial charge on any atom is 0.0787 e. The fourth-order valence-electron chi connectivity index (χ4n) is 2.75. The molecule has 2 fully saturated rings. The van der Waals surface area contributed by atoms with Gasteiger partial charge in [0.25, 0.3) is 0 Å². The van der Waals surface area contributed by atoms with Crippen LogP contribution in [-0.2, 0) is 4.74 Å². The number of fused-ring (bicyclic) bond motifs is 1. The molecule has 3 heteroatoms. The van der Waals surface area contributed by atoms with Crippen LogP contribution in [0.3, 0.4) is 0 Å². The zero-order valence-electron chi connectivity index (χ0n) is 9.20. The number of hydrogen-bond acceptors (Lipinski definition) is 3. The lowest BCUT2D eigenvalue weighted by molar-refractivity contribution is -0.0228. The number of nitrogens with two attached hydrogens (primary N) is 1. The second kappa shape index (κ2) is 4.17. The first-order valence-electron chi connectivity index (χ1n) is 5.91. The molecule has 0 amide bonds. The Hall–Kier alpha value is -0.120. The van der Waals surface area contributed by atoms with E-state index in [0.29, 0.717) is 30.1 Å². The summed E-state index contributed by atoms with van der Waals surface area (Å²) < 4.78 is 5.68. The van der Waals surface area contributed by atoms with Crippen molar-refractivity contribution in [2.24, 2.45) is 11.7 Å². The van der Waals surface area contributed by atoms with E-state index >= 15 is 0 Å². The Balaban J connectivity index is 1.86. The van der Waals surface area contributed by atoms with Crippen molar-refractivity contribution in [2.45, 2.75) is 57.3 Å². The molecule has 2 aliphatic rings. The van der Waals surface area contributed by atoms with Crippen LogP contribution in [-0.4, -0.2) is 30.8 Å². The van der Waals surface area contributed by atoms with Gasteiger partial charge in [-0.2, -0.15) is 0 Å². The second-order valence-electron chi connectivity index (χ2n) is 4.57. The third-order valence-corrected chi connectivity index (χ3v) is 3.86. The Morgan fingerprint density at radius 3 is 2.79 bits per heavy atom. The van der Waals surface area contributed by atoms with Crippen molar-refractivity contribution in [3.63, 3.8) is 0 Å². The number of nitrogens with one attached hydrogen (secondary N) is 1. The van der Waals surface area contributed by atoms with Crippen LogP contribution >= 0.6 is 0 Å². The average Bonchev–Trinajstić information content (AvgIpc) is 2.64. The normalized spacial score (nSPS) is 41.1. The quantitative estimate of drug-likeness (QED) is 0.705. The highest BCUT2D eigenvalue weighted by Crippen LogP contribution is 2.38. The summed E-state index contributed by atoms with van der Waals surface area (Å²) in [6, 6.07) is 1.34. The van der Waals surface area contributed by atoms with Crippen LogP contribution in [0.15, 0.2) is 0 Å². The minimum Gasteiger partial charge on any atom is -0.376 e. The van der Waals surface area contributed by atoms with Crippen molar-refractivity contribution in [3.8, 4) is 0 Å². The number of hydrogen-bond donors (Lipinski definition) is 2. The van der Waals surface area contributed by atoms with E-state index in [4.69, 9.17) is 10.5 Å². The molecule has 4 unspecified atom stereocenters. The summed E-state index contributed by atoms with van der Waals surface area (Å²) in [6.45, 7) is 5.35. The van der Waals surface area contributed by atoms with Gasteiger partial charge in [-0.1, -0.05) is 13.8 Å². The van der Waals surface area contributed by atoms with Crippen molar-refractivity contribution in [3.05, 3.63) is 0 Å². The lowest BCUT2D eigenvalue weighted by Crippen LogP contribution is -2.69. The van der Waals surface area contributed by atoms with Crippen molar-refractivity contribution in [1.29, 1.82) is 0 Å². The fraction of sp³-hybridized carbons (Fsp3) is 1.00. The first kappa shape index (κ1) is 10.4. The first-order valence-corrected chi connectivity index (χ1v) is 5.91. The van der Waals surface area contributed by atoms with Gasteiger partial charge in [0.15, 0.2) is 0 Å². The largest absolute Gasteiger partial charge is 0.376 e. The van der Waals surface area contributed by atoms with E-state index in [0.717, 1.165) is 13.0 Å². The Morgan fingerprint density at radius 1 is 1.43 bits per heavy atom. The van der Waals surface area contributed by atoms with Gasteiger partial charge in [0.1, 0.15) is 0 Å². The summed E-state index contributed by atoms with van der Waals surface area (Å²) >= 11 is 0. The van der Waals surface area contributed by atoms with Crippen molar-refractivity contribution < 1.29 is 4.74 Å². The van der Waals surface area contributed by atoms with Crippen LogP contribution in [0.25, 0.3) is 0 Å². The van der Waals surface area contributed by atoms with Crippen LogP contribution in [0.2, 0.25) is 0 Å². The Kier molecular flexibility index (Phi) is 3.10. The van der Waals surface area contributed by atoms with Gasteiger partial charge in [0.2, 0.25) is 0 Å². The zero-order valence-corrected chi connectivity index (χ0v) is 9.20. The van der Waals surface area contributed by atoms with E-state index in [1.807, 2.05) is 0 Å². The Labute approximate surface area is 86.4 Å². The lowest BCUT2D eigenvalue weighted by atomic mass is 9.72. The number of rotatable bonds is 4. The monoisotopic (exact) mass is 198 g/mol. The van der Waals surface area contributed by atoms with Crippen LogP contribution in [0.1, 0.15) is 33.1 Å². The van der Waals surface area contributed by atoms with Gasteiger partial charge in [-0.05, 0) is 19.3 Å². The molecule has 1 saturated carbocycles. The molecule has 3 nitrogen and oxygen atoms in total. The summed E-state index contributed by atoms with van der Waals surface area (Å²) in [6.07, 6.45) is 3.92. The third-order valence-electron chi connectivity index (χ3n) is 3.86. The smallest absolute Gasteiger partial charge is 0.0787 e. The average molecular weight is 198 g/mol. The predicted molar refractivity (Wildman–Crippen MR) is 57.1 cm³/mol. The molecule has 0 aromatic rings. The van der Waals surface area contributed by atoms with Crippen molar-refractivity contribution in [1.82, 2.24) is 5.32 Å². The maximum atomic E-state index is 6.12. The van der Waals surface area contributed by atoms with E-state index < -0.39 is 0 Å². The van der Waals surface area contributed by atoms with Crippen molar-refractivity contribution >= 4 is 0 Å². The van der Waals surface area contributed by atoms with E-state index in [1.165, 1.54) is 12.8 Å². The fourth-order valence-corrected chi connectivity index (χ4v) is 2.75. The van der Waals surface area contributed by atoms with Crippen LogP contribution in [0, 0.1) is 5.92 Å². The van der Waals surface area contributed by atoms with Crippen LogP contribution < -0.4 is 11.1 Å². The third kappa shape index (κ3) is 1.58. The lowest BCUT2D eigenvalue weighted by Gasteiger charge is -2.47. The molecule has 1 aliphatic heterocycles. The van der Waals surface area contributed by atoms with Gasteiger partial charge < -0.3 is 15.8 Å². The molecule has 1 heterocycles. The highest BCUT2D eigenvalue weighted by Gasteiger charge is 2.52. The van der Waals surface area contributed by atoms with E-state index in [1.54, 1.807) is 0 Å². The zero-order chi connectivity index (χ0) is 10.1. The topological polar surface area (TPSA) is 47.3 Å². The van der Waals surface area contributed by atoms with Crippen LogP contribution in [0.4, 0.5) is 0 Å². The molecule has 2 rings (SSSR count). The second-order valence-corrected chi connectivity index (χ2v) is 4.57. The molecule has 0 aromatic heterocycles. The van der Waals surface area contributed by atoms with E-state index in [9.17, 15) is 0 Å². The minimum absolute atomic E-state index is 0.322. The van der Waals surface area contributed by atoms with Gasteiger partial charge in [-0.3, -0.25) is 0 Å². The van der Waals surface area contributed by atoms with Gasteiger partial charge in [0.05, 0.1) is 6.10 Å². The summed E-state index contributed by atoms with van der Waals surface area (Å²) in [5, 5.41) is 3.62. The molecule has 82 valence electrons. The maximum absolute atomic E-state index is 6.12. The van der Waals surface area contributed by atoms with Gasteiger partial charge in [-0.15, -0.1) is 0 Å². The SMILES string of the molecule is CCC(CC)NC1C(N)C2CCOC21. The summed E-state index contributed by atoms with van der Waals surface area (Å²) in [5.74, 6) is 0.627. The van der Waals surface area contributed by atoms with Crippen LogP contribution in [0.5, 0.6) is 0 Å². The molecule has 14 heavy (non-hydrogen) atoms. The van der Waals surface area contributed by atoms with E-state index in [-0.39, 0.29) is 0 Å². The predicted octanol–water partition coefficient (Wildman–Crippen LogP) is 0.879. The molecule has 4 atom stereocenters. The van der Waals surface area contributed by atoms with Crippen molar-refractivity contribution in [2.75, 3.05) is 6.61 Å². The molecule has 0 radical (unpaired) electrons. The van der Waals surface area contributed by atoms with Gasteiger partial charge >= 0.3 is 0 Å². The summed E-state index contributed by atoms with van der Waals surface area (Å²) in [7, 11) is 0. The standard InChI is InChI=1S/C11H22N2O/c1-3-7(4-2)13-10-9(12)8-5-6-14-11(8)10/h7-11,13H,3-6,12H2,1-2H3. The molecule has 1 aliphatic carbocycles. The molecule has 0 aromatic carbocycles. The molecule has 1 saturated heterocycles. The molecule has 0 spiro atoms. The highest BCUT2D eigenvalue weighted by molar-refractivity contribution is 5.09. The van der Waals surface area contributed by atoms with Gasteiger partial charge in [-0.25, -0.2) is 0 Å². The summed E-state index contributed by atoms with van der Waals surface area (Å²) in [5.41, 5.74) is 6.12. The summed E-state index contributed by atoms with van der Waals surface area (Å²) in [4.78, 5) is 0. The number of ether oxygens (including phenoxy) is 1. The minimum atomic E-state index is 0.322. The van der Waals surface area contributed by atoms with Gasteiger partial charge in [0, 0.05) is 30.7 Å². The molecule has 0 bridgehead atoms.